The number of fused-ring (bicyclic) bond motifs is 1. The first-order chi connectivity index (χ1) is 10.4. The second kappa shape index (κ2) is 5.53. The second-order valence-electron chi connectivity index (χ2n) is 6.22. The van der Waals surface area contributed by atoms with Crippen LogP contribution in [-0.4, -0.2) is 33.6 Å². The zero-order chi connectivity index (χ0) is 14.1. The fourth-order valence-corrected chi connectivity index (χ4v) is 3.12. The van der Waals surface area contributed by atoms with Crippen LogP contribution in [0.1, 0.15) is 18.5 Å². The molecule has 21 heavy (non-hydrogen) atoms. The molecule has 1 aliphatic heterocycles. The average Bonchev–Trinajstić information content (AvgIpc) is 3.23. The van der Waals surface area contributed by atoms with Gasteiger partial charge in [0.25, 0.3) is 0 Å². The number of nitrogens with zero attached hydrogens (tertiary/aromatic N) is 3. The molecule has 3 heterocycles. The van der Waals surface area contributed by atoms with E-state index < -0.39 is 0 Å². The van der Waals surface area contributed by atoms with E-state index in [0.717, 1.165) is 31.3 Å². The van der Waals surface area contributed by atoms with Crippen LogP contribution in [0.4, 0.5) is 0 Å². The average molecular weight is 283 g/mol. The lowest BCUT2D eigenvalue weighted by Gasteiger charge is -2.24. The molecular weight excluding hydrogens is 262 g/mol. The third-order valence-corrected chi connectivity index (χ3v) is 4.32. The van der Waals surface area contributed by atoms with E-state index in [1.165, 1.54) is 25.1 Å². The lowest BCUT2D eigenvalue weighted by molar-refractivity contribution is 0.124. The first kappa shape index (κ1) is 12.9. The lowest BCUT2D eigenvalue weighted by atomic mass is 10.3. The minimum absolute atomic E-state index is 0.182. The van der Waals surface area contributed by atoms with Gasteiger partial charge >= 0.3 is 0 Å². The van der Waals surface area contributed by atoms with E-state index in [9.17, 15) is 0 Å². The molecule has 0 saturated heterocycles. The van der Waals surface area contributed by atoms with E-state index in [1.54, 1.807) is 12.4 Å². The Morgan fingerprint density at radius 3 is 2.95 bits per heavy atom. The van der Waals surface area contributed by atoms with Crippen molar-refractivity contribution in [2.24, 2.45) is 5.92 Å². The van der Waals surface area contributed by atoms with Crippen molar-refractivity contribution < 1.29 is 4.74 Å². The maximum Gasteiger partial charge on any atom is 0.138 e. The van der Waals surface area contributed by atoms with Crippen LogP contribution in [-0.2, 0) is 13.1 Å². The molecule has 2 aromatic heterocycles. The number of ether oxygens (including phenoxy) is 1. The van der Waals surface area contributed by atoms with E-state index in [2.05, 4.69) is 32.8 Å². The predicted octanol–water partition coefficient (Wildman–Crippen LogP) is 2.56. The van der Waals surface area contributed by atoms with Crippen LogP contribution in [0, 0.1) is 5.92 Å². The summed E-state index contributed by atoms with van der Waals surface area (Å²) < 4.78 is 8.50. The van der Waals surface area contributed by atoms with E-state index >= 15 is 0 Å². The van der Waals surface area contributed by atoms with E-state index in [0.29, 0.717) is 0 Å². The highest BCUT2D eigenvalue weighted by atomic mass is 16.5. The van der Waals surface area contributed by atoms with Crippen LogP contribution in [0.2, 0.25) is 0 Å². The first-order valence-corrected chi connectivity index (χ1v) is 7.80. The molecule has 4 heteroatoms. The number of pyridine rings is 1. The van der Waals surface area contributed by atoms with Crippen molar-refractivity contribution >= 4 is 0 Å². The Hall–Kier alpha value is -1.81. The molecule has 0 unspecified atom stereocenters. The Kier molecular flexibility index (Phi) is 3.39. The van der Waals surface area contributed by atoms with E-state index in [4.69, 9.17) is 4.74 Å². The van der Waals surface area contributed by atoms with Crippen molar-refractivity contribution in [3.8, 4) is 5.75 Å². The van der Waals surface area contributed by atoms with Gasteiger partial charge in [0.1, 0.15) is 11.9 Å². The molecule has 1 fully saturated rings. The summed E-state index contributed by atoms with van der Waals surface area (Å²) in [6, 6.07) is 8.28. The summed E-state index contributed by atoms with van der Waals surface area (Å²) in [7, 11) is 0. The van der Waals surface area contributed by atoms with Crippen LogP contribution in [0.15, 0.2) is 42.9 Å². The summed E-state index contributed by atoms with van der Waals surface area (Å²) in [5, 5.41) is 0. The zero-order valence-corrected chi connectivity index (χ0v) is 12.2. The van der Waals surface area contributed by atoms with Gasteiger partial charge in [-0.1, -0.05) is 0 Å². The van der Waals surface area contributed by atoms with Crippen molar-refractivity contribution in [2.75, 3.05) is 13.1 Å². The smallest absolute Gasteiger partial charge is 0.138 e. The highest BCUT2D eigenvalue weighted by Crippen LogP contribution is 2.31. The summed E-state index contributed by atoms with van der Waals surface area (Å²) in [5.41, 5.74) is 1.40. The molecule has 2 aliphatic rings. The summed E-state index contributed by atoms with van der Waals surface area (Å²) >= 11 is 0. The maximum atomic E-state index is 6.17. The quantitative estimate of drug-likeness (QED) is 0.864. The fraction of sp³-hybridized carbons (Fsp3) is 0.471. The molecule has 1 atom stereocenters. The van der Waals surface area contributed by atoms with Gasteiger partial charge in [-0.3, -0.25) is 9.88 Å². The van der Waals surface area contributed by atoms with Crippen molar-refractivity contribution in [1.82, 2.24) is 14.5 Å². The van der Waals surface area contributed by atoms with Gasteiger partial charge in [-0.25, -0.2) is 0 Å². The van der Waals surface area contributed by atoms with Crippen molar-refractivity contribution in [3.63, 3.8) is 0 Å². The Bertz CT molecular complexity index is 591. The number of hydrogen-bond donors (Lipinski definition) is 0. The molecule has 4 rings (SSSR count). The third kappa shape index (κ3) is 3.10. The van der Waals surface area contributed by atoms with Gasteiger partial charge in [-0.05, 0) is 43.0 Å². The number of rotatable bonds is 4. The second-order valence-corrected chi connectivity index (χ2v) is 6.22. The predicted molar refractivity (Wildman–Crippen MR) is 81.1 cm³/mol. The lowest BCUT2D eigenvalue weighted by Crippen LogP contribution is -2.36. The molecule has 0 amide bonds. The van der Waals surface area contributed by atoms with Gasteiger partial charge in [0.2, 0.25) is 0 Å². The number of aromatic nitrogens is 2. The van der Waals surface area contributed by atoms with Crippen molar-refractivity contribution in [1.29, 1.82) is 0 Å². The molecule has 1 aliphatic carbocycles. The molecule has 0 N–H and O–H groups in total. The van der Waals surface area contributed by atoms with Crippen LogP contribution in [0.3, 0.4) is 0 Å². The Balaban J connectivity index is 1.52. The van der Waals surface area contributed by atoms with Gasteiger partial charge in [0.15, 0.2) is 0 Å². The van der Waals surface area contributed by atoms with Gasteiger partial charge in [-0.2, -0.15) is 0 Å². The summed E-state index contributed by atoms with van der Waals surface area (Å²) in [6.07, 6.45) is 8.71. The Morgan fingerprint density at radius 1 is 1.19 bits per heavy atom. The molecule has 0 radical (unpaired) electrons. The zero-order valence-electron chi connectivity index (χ0n) is 12.2. The third-order valence-electron chi connectivity index (χ3n) is 4.32. The Morgan fingerprint density at radius 2 is 2.14 bits per heavy atom. The minimum Gasteiger partial charge on any atom is -0.486 e. The topological polar surface area (TPSA) is 30.3 Å². The van der Waals surface area contributed by atoms with E-state index in [-0.39, 0.29) is 6.10 Å². The Labute approximate surface area is 125 Å². The highest BCUT2D eigenvalue weighted by Gasteiger charge is 2.28. The normalized spacial score (nSPS) is 22.6. The maximum absolute atomic E-state index is 6.17. The van der Waals surface area contributed by atoms with E-state index in [1.807, 2.05) is 12.1 Å². The van der Waals surface area contributed by atoms with Gasteiger partial charge in [0, 0.05) is 37.7 Å². The van der Waals surface area contributed by atoms with Gasteiger partial charge in [-0.15, -0.1) is 0 Å². The largest absolute Gasteiger partial charge is 0.486 e. The molecule has 110 valence electrons. The fourth-order valence-electron chi connectivity index (χ4n) is 3.12. The van der Waals surface area contributed by atoms with Crippen LogP contribution in [0.5, 0.6) is 5.75 Å². The van der Waals surface area contributed by atoms with Crippen molar-refractivity contribution in [3.05, 3.63) is 48.5 Å². The number of hydrogen-bond acceptors (Lipinski definition) is 3. The van der Waals surface area contributed by atoms with Gasteiger partial charge in [0.05, 0.1) is 12.7 Å². The van der Waals surface area contributed by atoms with Gasteiger partial charge < -0.3 is 9.30 Å². The molecule has 1 saturated carbocycles. The first-order valence-electron chi connectivity index (χ1n) is 7.80. The highest BCUT2D eigenvalue weighted by molar-refractivity contribution is 5.16. The summed E-state index contributed by atoms with van der Waals surface area (Å²) in [5.74, 6) is 1.77. The molecule has 0 spiro atoms. The van der Waals surface area contributed by atoms with Crippen LogP contribution < -0.4 is 4.74 Å². The summed E-state index contributed by atoms with van der Waals surface area (Å²) in [6.45, 7) is 4.15. The monoisotopic (exact) mass is 283 g/mol. The van der Waals surface area contributed by atoms with Crippen LogP contribution in [0.25, 0.3) is 0 Å². The summed E-state index contributed by atoms with van der Waals surface area (Å²) in [4.78, 5) is 6.69. The molecule has 0 bridgehead atoms. The molecule has 0 aromatic carbocycles. The molecule has 4 nitrogen and oxygen atoms in total. The minimum atomic E-state index is 0.182. The molecular formula is C17H21N3O. The van der Waals surface area contributed by atoms with Crippen LogP contribution >= 0.6 is 0 Å². The SMILES string of the molecule is c1cncc(O[C@@H]2CN(CC3CC3)Cc3cccn3C2)c1. The molecule has 2 aromatic rings. The standard InChI is InChI=1S/C17H21N3O/c1-4-16(9-18-7-1)21-17-12-19(10-14-5-6-14)11-15-3-2-8-20(15)13-17/h1-4,7-9,14,17H,5-6,10-13H2/t17-/m1/s1. The van der Waals surface area contributed by atoms with Crippen molar-refractivity contribution in [2.45, 2.75) is 32.0 Å².